The van der Waals surface area contributed by atoms with Crippen LogP contribution < -0.4 is 0 Å². The summed E-state index contributed by atoms with van der Waals surface area (Å²) in [5.74, 6) is -8.96. The van der Waals surface area contributed by atoms with Crippen molar-refractivity contribution in [2.45, 2.75) is 26.1 Å². The molecule has 0 amide bonds. The summed E-state index contributed by atoms with van der Waals surface area (Å²) < 4.78 is 0. The van der Waals surface area contributed by atoms with Crippen molar-refractivity contribution in [3.63, 3.8) is 0 Å². The average molecular weight is 274 g/mol. The van der Waals surface area contributed by atoms with E-state index in [1.54, 1.807) is 0 Å². The molecular weight excluding hydrogens is 260 g/mol. The summed E-state index contributed by atoms with van der Waals surface area (Å²) in [7, 11) is 0. The minimum Gasteiger partial charge on any atom is -0.394 e. The predicted octanol–water partition coefficient (Wildman–Crippen LogP) is -2.80. The lowest BCUT2D eigenvalue weighted by atomic mass is 9.86. The van der Waals surface area contributed by atoms with Gasteiger partial charge in [-0.15, -0.1) is 0 Å². The van der Waals surface area contributed by atoms with Gasteiger partial charge < -0.3 is 15.3 Å². The highest BCUT2D eigenvalue weighted by atomic mass is 16.4. The number of aliphatic hydroxyl groups is 3. The molecule has 2 unspecified atom stereocenters. The van der Waals surface area contributed by atoms with Crippen LogP contribution in [-0.4, -0.2) is 63.1 Å². The van der Waals surface area contributed by atoms with Crippen LogP contribution in [-0.2, 0) is 24.0 Å². The molecule has 0 saturated carbocycles. The fourth-order valence-corrected chi connectivity index (χ4v) is 1.24. The Labute approximate surface area is 108 Å². The van der Waals surface area contributed by atoms with E-state index in [0.29, 0.717) is 0 Å². The number of aliphatic hydroxyl groups excluding tert-OH is 3. The largest absolute Gasteiger partial charge is 0.394 e. The standard InChI is InChI=1S/C11H14O8/c1-4(13)8(16)7(9(17)5(2)14)11(19)10(18)6(15)3-12/h6-7,10,12,15,18H,3H2,1-2H3. The minimum absolute atomic E-state index is 0.797. The third kappa shape index (κ3) is 4.12. The molecule has 0 aromatic carbocycles. The molecule has 0 saturated heterocycles. The second kappa shape index (κ2) is 6.98. The Bertz CT molecular complexity index is 398. The summed E-state index contributed by atoms with van der Waals surface area (Å²) in [4.78, 5) is 56.4. The van der Waals surface area contributed by atoms with Crippen molar-refractivity contribution >= 4 is 28.9 Å². The zero-order valence-electron chi connectivity index (χ0n) is 10.3. The van der Waals surface area contributed by atoms with Crippen molar-refractivity contribution in [2.75, 3.05) is 6.61 Å². The van der Waals surface area contributed by atoms with Crippen LogP contribution in [0.15, 0.2) is 0 Å². The molecule has 0 spiro atoms. The van der Waals surface area contributed by atoms with Crippen LogP contribution in [0.2, 0.25) is 0 Å². The predicted molar refractivity (Wildman–Crippen MR) is 59.0 cm³/mol. The van der Waals surface area contributed by atoms with Crippen molar-refractivity contribution < 1.29 is 39.3 Å². The maximum Gasteiger partial charge on any atom is 0.216 e. The van der Waals surface area contributed by atoms with E-state index in [2.05, 4.69) is 0 Å². The highest BCUT2D eigenvalue weighted by Crippen LogP contribution is 2.10. The van der Waals surface area contributed by atoms with Crippen LogP contribution in [0, 0.1) is 5.92 Å². The van der Waals surface area contributed by atoms with Crippen molar-refractivity contribution in [3.05, 3.63) is 0 Å². The molecule has 0 aliphatic rings. The topological polar surface area (TPSA) is 146 Å². The molecule has 0 rings (SSSR count). The van der Waals surface area contributed by atoms with Crippen LogP contribution in [0.3, 0.4) is 0 Å². The smallest absolute Gasteiger partial charge is 0.216 e. The Hall–Kier alpha value is -1.77. The first kappa shape index (κ1) is 17.2. The molecule has 0 aliphatic heterocycles. The van der Waals surface area contributed by atoms with Crippen molar-refractivity contribution in [1.82, 2.24) is 0 Å². The van der Waals surface area contributed by atoms with E-state index in [1.165, 1.54) is 0 Å². The molecule has 0 heterocycles. The van der Waals surface area contributed by atoms with Gasteiger partial charge in [0.15, 0.2) is 23.3 Å². The molecule has 19 heavy (non-hydrogen) atoms. The maximum atomic E-state index is 11.7. The Kier molecular flexibility index (Phi) is 6.33. The lowest BCUT2D eigenvalue weighted by Gasteiger charge is -2.18. The number of carbonyl (C=O) groups is 5. The van der Waals surface area contributed by atoms with Gasteiger partial charge in [-0.25, -0.2) is 0 Å². The van der Waals surface area contributed by atoms with Gasteiger partial charge in [0.05, 0.1) is 6.61 Å². The highest BCUT2D eigenvalue weighted by molar-refractivity contribution is 6.54. The molecule has 0 aromatic rings. The summed E-state index contributed by atoms with van der Waals surface area (Å²) in [5.41, 5.74) is 0. The van der Waals surface area contributed by atoms with E-state index < -0.39 is 53.6 Å². The first-order valence-electron chi connectivity index (χ1n) is 5.25. The summed E-state index contributed by atoms with van der Waals surface area (Å²) in [6, 6.07) is 0. The molecule has 8 nitrogen and oxygen atoms in total. The van der Waals surface area contributed by atoms with Gasteiger partial charge in [-0.3, -0.25) is 24.0 Å². The van der Waals surface area contributed by atoms with Gasteiger partial charge >= 0.3 is 0 Å². The lowest BCUT2D eigenvalue weighted by molar-refractivity contribution is -0.154. The fraction of sp³-hybridized carbons (Fsp3) is 0.545. The van der Waals surface area contributed by atoms with Gasteiger partial charge in [0.2, 0.25) is 11.6 Å². The van der Waals surface area contributed by atoms with E-state index in [0.717, 1.165) is 13.8 Å². The molecule has 8 heteroatoms. The molecular formula is C11H14O8. The third-order valence-corrected chi connectivity index (χ3v) is 2.35. The van der Waals surface area contributed by atoms with Gasteiger partial charge in [0, 0.05) is 13.8 Å². The van der Waals surface area contributed by atoms with E-state index in [9.17, 15) is 29.1 Å². The molecule has 3 N–H and O–H groups in total. The Morgan fingerprint density at radius 3 is 1.53 bits per heavy atom. The second-order valence-corrected chi connectivity index (χ2v) is 3.87. The van der Waals surface area contributed by atoms with Crippen LogP contribution in [0.5, 0.6) is 0 Å². The van der Waals surface area contributed by atoms with Gasteiger partial charge in [0.1, 0.15) is 12.2 Å². The number of hydrogen-bond donors (Lipinski definition) is 3. The van der Waals surface area contributed by atoms with E-state index in [-0.39, 0.29) is 0 Å². The van der Waals surface area contributed by atoms with Crippen molar-refractivity contribution in [1.29, 1.82) is 0 Å². The number of hydrogen-bond acceptors (Lipinski definition) is 8. The van der Waals surface area contributed by atoms with Gasteiger partial charge in [-0.05, 0) is 0 Å². The molecule has 0 bridgehead atoms. The molecule has 0 aromatic heterocycles. The monoisotopic (exact) mass is 274 g/mol. The fourth-order valence-electron chi connectivity index (χ4n) is 1.24. The zero-order valence-corrected chi connectivity index (χ0v) is 10.3. The minimum atomic E-state index is -2.29. The number of Topliss-reactive ketones (excluding diaryl/α,β-unsaturated/α-hetero) is 5. The normalized spacial score (nSPS) is 13.8. The SMILES string of the molecule is CC(=O)C(=O)C(C(=O)C(C)=O)C(=O)C(O)C(O)CO. The number of rotatable bonds is 8. The first-order chi connectivity index (χ1) is 8.64. The third-order valence-electron chi connectivity index (χ3n) is 2.35. The zero-order chi connectivity index (χ0) is 15.3. The summed E-state index contributed by atoms with van der Waals surface area (Å²) in [6.45, 7) is 0.595. The molecule has 0 fully saturated rings. The quantitative estimate of drug-likeness (QED) is 0.318. The summed E-state index contributed by atoms with van der Waals surface area (Å²) >= 11 is 0. The Morgan fingerprint density at radius 2 is 1.26 bits per heavy atom. The molecule has 106 valence electrons. The highest BCUT2D eigenvalue weighted by Gasteiger charge is 2.42. The van der Waals surface area contributed by atoms with Crippen molar-refractivity contribution in [3.8, 4) is 0 Å². The number of carbonyl (C=O) groups excluding carboxylic acids is 5. The summed E-state index contributed by atoms with van der Waals surface area (Å²) in [5, 5.41) is 27.0. The van der Waals surface area contributed by atoms with Crippen LogP contribution in [0.25, 0.3) is 0 Å². The van der Waals surface area contributed by atoms with E-state index >= 15 is 0 Å². The molecule has 0 radical (unpaired) electrons. The van der Waals surface area contributed by atoms with Gasteiger partial charge in [-0.2, -0.15) is 0 Å². The lowest BCUT2D eigenvalue weighted by Crippen LogP contribution is -2.47. The van der Waals surface area contributed by atoms with Gasteiger partial charge in [0.25, 0.3) is 0 Å². The van der Waals surface area contributed by atoms with Crippen LogP contribution >= 0.6 is 0 Å². The van der Waals surface area contributed by atoms with Crippen molar-refractivity contribution in [2.24, 2.45) is 5.92 Å². The van der Waals surface area contributed by atoms with Gasteiger partial charge in [-0.1, -0.05) is 0 Å². The first-order valence-corrected chi connectivity index (χ1v) is 5.25. The van der Waals surface area contributed by atoms with E-state index in [4.69, 9.17) is 10.2 Å². The average Bonchev–Trinajstić information content (AvgIpc) is 2.36. The molecule has 0 aliphatic carbocycles. The Balaban J connectivity index is 5.43. The van der Waals surface area contributed by atoms with Crippen LogP contribution in [0.1, 0.15) is 13.8 Å². The Morgan fingerprint density at radius 1 is 0.895 bits per heavy atom. The van der Waals surface area contributed by atoms with Crippen LogP contribution in [0.4, 0.5) is 0 Å². The summed E-state index contributed by atoms with van der Waals surface area (Å²) in [6.07, 6.45) is -4.17. The van der Waals surface area contributed by atoms with E-state index in [1.807, 2.05) is 0 Å². The second-order valence-electron chi connectivity index (χ2n) is 3.87. The molecule has 2 atom stereocenters. The maximum absolute atomic E-state index is 11.7. The number of ketones is 5.